The Morgan fingerprint density at radius 3 is 3.05 bits per heavy atom. The van der Waals surface area contributed by atoms with E-state index in [9.17, 15) is 4.79 Å². The van der Waals surface area contributed by atoms with Gasteiger partial charge in [-0.05, 0) is 37.0 Å². The molecular formula is C17H19N3O2. The van der Waals surface area contributed by atoms with Crippen LogP contribution in [-0.2, 0) is 4.74 Å². The number of carbonyl (C=O) groups excluding carboxylic acids is 1. The van der Waals surface area contributed by atoms with Gasteiger partial charge in [0.05, 0.1) is 24.0 Å². The van der Waals surface area contributed by atoms with Gasteiger partial charge in [0.25, 0.3) is 5.91 Å². The zero-order valence-corrected chi connectivity index (χ0v) is 12.4. The summed E-state index contributed by atoms with van der Waals surface area (Å²) in [6.07, 6.45) is 8.73. The number of nitrogens with one attached hydrogen (secondary N) is 1. The first-order chi connectivity index (χ1) is 10.8. The maximum Gasteiger partial charge on any atom is 0.253 e. The molecule has 0 atom stereocenters. The Labute approximate surface area is 129 Å². The van der Waals surface area contributed by atoms with Crippen molar-refractivity contribution in [3.8, 4) is 12.3 Å². The van der Waals surface area contributed by atoms with Crippen molar-refractivity contribution in [2.75, 3.05) is 26.3 Å². The molecule has 1 N–H and O–H groups in total. The van der Waals surface area contributed by atoms with Crippen molar-refractivity contribution in [1.82, 2.24) is 14.9 Å². The lowest BCUT2D eigenvalue weighted by Crippen LogP contribution is -2.39. The Bertz CT molecular complexity index is 693. The van der Waals surface area contributed by atoms with Gasteiger partial charge in [-0.2, -0.15) is 0 Å². The topological polar surface area (TPSA) is 58.2 Å². The first kappa shape index (κ1) is 14.6. The van der Waals surface area contributed by atoms with Crippen molar-refractivity contribution in [3.63, 3.8) is 0 Å². The zero-order chi connectivity index (χ0) is 15.4. The van der Waals surface area contributed by atoms with E-state index in [4.69, 9.17) is 11.2 Å². The Hall–Kier alpha value is -2.32. The second-order valence-electron chi connectivity index (χ2n) is 5.59. The summed E-state index contributed by atoms with van der Waals surface area (Å²) in [5.41, 5.74) is 2.48. The predicted octanol–water partition coefficient (Wildman–Crippen LogP) is 2.06. The molecule has 0 saturated carbocycles. The Kier molecular flexibility index (Phi) is 4.40. The fourth-order valence-electron chi connectivity index (χ4n) is 2.84. The van der Waals surface area contributed by atoms with E-state index in [1.165, 1.54) is 0 Å². The molecule has 1 fully saturated rings. The van der Waals surface area contributed by atoms with Crippen LogP contribution >= 0.6 is 0 Å². The van der Waals surface area contributed by atoms with Crippen LogP contribution < -0.4 is 0 Å². The van der Waals surface area contributed by atoms with Crippen LogP contribution in [0.15, 0.2) is 24.5 Å². The highest BCUT2D eigenvalue weighted by molar-refractivity contribution is 5.97. The van der Waals surface area contributed by atoms with Gasteiger partial charge in [-0.3, -0.25) is 4.79 Å². The highest BCUT2D eigenvalue weighted by Gasteiger charge is 2.23. The lowest BCUT2D eigenvalue weighted by molar-refractivity contribution is 0.0582. The van der Waals surface area contributed by atoms with Gasteiger partial charge in [0, 0.05) is 18.7 Å². The molecule has 1 saturated heterocycles. The first-order valence-corrected chi connectivity index (χ1v) is 7.51. The first-order valence-electron chi connectivity index (χ1n) is 7.51. The van der Waals surface area contributed by atoms with Gasteiger partial charge in [-0.15, -0.1) is 6.42 Å². The van der Waals surface area contributed by atoms with E-state index in [1.807, 2.05) is 23.1 Å². The SMILES string of the molecule is C#CCOCC1CCN(C(=O)c2ccc3nc[nH]c3c2)CC1. The number of aromatic nitrogens is 2. The minimum Gasteiger partial charge on any atom is -0.369 e. The zero-order valence-electron chi connectivity index (χ0n) is 12.4. The van der Waals surface area contributed by atoms with Crippen molar-refractivity contribution >= 4 is 16.9 Å². The van der Waals surface area contributed by atoms with Crippen LogP contribution in [0.4, 0.5) is 0 Å². The van der Waals surface area contributed by atoms with E-state index in [0.717, 1.165) is 37.0 Å². The second kappa shape index (κ2) is 6.63. The number of likely N-dealkylation sites (tertiary alicyclic amines) is 1. The smallest absolute Gasteiger partial charge is 0.253 e. The molecule has 0 spiro atoms. The third kappa shape index (κ3) is 3.12. The van der Waals surface area contributed by atoms with Crippen LogP contribution in [0.1, 0.15) is 23.2 Å². The van der Waals surface area contributed by atoms with E-state index in [2.05, 4.69) is 15.9 Å². The minimum atomic E-state index is 0.0829. The van der Waals surface area contributed by atoms with E-state index in [1.54, 1.807) is 6.33 Å². The van der Waals surface area contributed by atoms with Crippen LogP contribution in [0.3, 0.4) is 0 Å². The van der Waals surface area contributed by atoms with E-state index in [-0.39, 0.29) is 5.91 Å². The fraction of sp³-hybridized carbons (Fsp3) is 0.412. The number of terminal acetylenes is 1. The molecule has 1 aliphatic heterocycles. The molecular weight excluding hydrogens is 278 g/mol. The molecule has 3 rings (SSSR count). The largest absolute Gasteiger partial charge is 0.369 e. The number of fused-ring (bicyclic) bond motifs is 1. The van der Waals surface area contributed by atoms with Crippen LogP contribution in [0.5, 0.6) is 0 Å². The van der Waals surface area contributed by atoms with Gasteiger partial charge in [0.2, 0.25) is 0 Å². The van der Waals surface area contributed by atoms with E-state index < -0.39 is 0 Å². The number of hydrogen-bond donors (Lipinski definition) is 1. The third-order valence-electron chi connectivity index (χ3n) is 4.11. The number of rotatable bonds is 4. The molecule has 5 nitrogen and oxygen atoms in total. The molecule has 22 heavy (non-hydrogen) atoms. The molecule has 1 amide bonds. The minimum absolute atomic E-state index is 0.0829. The van der Waals surface area contributed by atoms with Crippen molar-refractivity contribution in [3.05, 3.63) is 30.1 Å². The standard InChI is InChI=1S/C17H19N3O2/c1-2-9-22-11-13-5-7-20(8-6-13)17(21)14-3-4-15-16(10-14)19-12-18-15/h1,3-4,10,12-13H,5-9,11H2,(H,18,19). The molecule has 0 unspecified atom stereocenters. The number of benzene rings is 1. The van der Waals surface area contributed by atoms with E-state index >= 15 is 0 Å². The lowest BCUT2D eigenvalue weighted by atomic mass is 9.97. The molecule has 2 aromatic rings. The number of carbonyl (C=O) groups is 1. The Morgan fingerprint density at radius 1 is 1.45 bits per heavy atom. The average Bonchev–Trinajstić information content (AvgIpc) is 3.02. The monoisotopic (exact) mass is 297 g/mol. The summed E-state index contributed by atoms with van der Waals surface area (Å²) >= 11 is 0. The summed E-state index contributed by atoms with van der Waals surface area (Å²) < 4.78 is 5.39. The Balaban J connectivity index is 1.58. The average molecular weight is 297 g/mol. The van der Waals surface area contributed by atoms with Gasteiger partial charge in [-0.25, -0.2) is 4.98 Å². The second-order valence-corrected chi connectivity index (χ2v) is 5.59. The number of piperidine rings is 1. The fourth-order valence-corrected chi connectivity index (χ4v) is 2.84. The van der Waals surface area contributed by atoms with Crippen molar-refractivity contribution in [2.24, 2.45) is 5.92 Å². The quantitative estimate of drug-likeness (QED) is 0.694. The number of nitrogens with zero attached hydrogens (tertiary/aromatic N) is 2. The van der Waals surface area contributed by atoms with Crippen molar-refractivity contribution < 1.29 is 9.53 Å². The number of H-pyrrole nitrogens is 1. The molecule has 1 aromatic heterocycles. The number of imidazole rings is 1. The molecule has 1 aliphatic rings. The lowest BCUT2D eigenvalue weighted by Gasteiger charge is -2.31. The molecule has 0 bridgehead atoms. The molecule has 2 heterocycles. The van der Waals surface area contributed by atoms with Gasteiger partial charge in [0.15, 0.2) is 0 Å². The third-order valence-corrected chi connectivity index (χ3v) is 4.11. The number of amides is 1. The maximum atomic E-state index is 12.6. The van der Waals surface area contributed by atoms with Crippen LogP contribution in [0.25, 0.3) is 11.0 Å². The summed E-state index contributed by atoms with van der Waals surface area (Å²) in [7, 11) is 0. The van der Waals surface area contributed by atoms with Crippen LogP contribution in [0, 0.1) is 18.3 Å². The highest BCUT2D eigenvalue weighted by Crippen LogP contribution is 2.20. The van der Waals surface area contributed by atoms with Crippen molar-refractivity contribution in [1.29, 1.82) is 0 Å². The number of ether oxygens (including phenoxy) is 1. The van der Waals surface area contributed by atoms with Crippen molar-refractivity contribution in [2.45, 2.75) is 12.8 Å². The number of hydrogen-bond acceptors (Lipinski definition) is 3. The molecule has 5 heteroatoms. The van der Waals surface area contributed by atoms with Crippen LogP contribution in [-0.4, -0.2) is 47.1 Å². The number of aromatic amines is 1. The highest BCUT2D eigenvalue weighted by atomic mass is 16.5. The summed E-state index contributed by atoms with van der Waals surface area (Å²) in [6.45, 7) is 2.59. The Morgan fingerprint density at radius 2 is 2.27 bits per heavy atom. The molecule has 0 radical (unpaired) electrons. The summed E-state index contributed by atoms with van der Waals surface area (Å²) in [6, 6.07) is 5.58. The maximum absolute atomic E-state index is 12.6. The molecule has 1 aromatic carbocycles. The molecule has 0 aliphatic carbocycles. The van der Waals surface area contributed by atoms with Gasteiger partial charge in [0.1, 0.15) is 6.61 Å². The van der Waals surface area contributed by atoms with Gasteiger partial charge in [-0.1, -0.05) is 5.92 Å². The predicted molar refractivity (Wildman–Crippen MR) is 84.4 cm³/mol. The summed E-state index contributed by atoms with van der Waals surface area (Å²) in [4.78, 5) is 21.7. The van der Waals surface area contributed by atoms with Gasteiger partial charge < -0.3 is 14.6 Å². The van der Waals surface area contributed by atoms with Gasteiger partial charge >= 0.3 is 0 Å². The van der Waals surface area contributed by atoms with E-state index in [0.29, 0.717) is 24.7 Å². The van der Waals surface area contributed by atoms with Crippen LogP contribution in [0.2, 0.25) is 0 Å². The summed E-state index contributed by atoms with van der Waals surface area (Å²) in [5.74, 6) is 3.05. The normalized spacial score (nSPS) is 15.9. The summed E-state index contributed by atoms with van der Waals surface area (Å²) in [5, 5.41) is 0. The molecule has 114 valence electrons.